The molecule has 0 saturated carbocycles. The number of aryl methyl sites for hydroxylation is 3. The summed E-state index contributed by atoms with van der Waals surface area (Å²) in [6.07, 6.45) is 4.13. The van der Waals surface area contributed by atoms with Gasteiger partial charge in [0.25, 0.3) is 0 Å². The van der Waals surface area contributed by atoms with Gasteiger partial charge in [0.2, 0.25) is 0 Å². The van der Waals surface area contributed by atoms with Crippen molar-refractivity contribution in [3.05, 3.63) is 75.6 Å². The van der Waals surface area contributed by atoms with E-state index in [-0.39, 0.29) is 5.41 Å². The fourth-order valence-electron chi connectivity index (χ4n) is 7.43. The lowest BCUT2D eigenvalue weighted by Crippen LogP contribution is -2.39. The number of carboxylic acids is 1. The lowest BCUT2D eigenvalue weighted by atomic mass is 9.81. The molecule has 1 N–H and O–H groups in total. The van der Waals surface area contributed by atoms with E-state index < -0.39 is 17.7 Å². The number of carboxylic acid groups (broad SMARTS) is 1. The zero-order valence-electron chi connectivity index (χ0n) is 28.8. The molecule has 46 heavy (non-hydrogen) atoms. The summed E-state index contributed by atoms with van der Waals surface area (Å²) in [5, 5.41) is 10.5. The van der Waals surface area contributed by atoms with Gasteiger partial charge in [-0.15, -0.1) is 0 Å². The van der Waals surface area contributed by atoms with Crippen molar-refractivity contribution in [3.8, 4) is 16.9 Å². The number of hydrogen-bond donors (Lipinski definition) is 1. The van der Waals surface area contributed by atoms with Gasteiger partial charge >= 0.3 is 5.97 Å². The van der Waals surface area contributed by atoms with Crippen LogP contribution in [-0.4, -0.2) is 52.8 Å². The molecule has 0 radical (unpaired) electrons. The summed E-state index contributed by atoms with van der Waals surface area (Å²) >= 11 is 0. The van der Waals surface area contributed by atoms with Gasteiger partial charge in [-0.25, -0.2) is 4.79 Å². The van der Waals surface area contributed by atoms with E-state index in [4.69, 9.17) is 14.5 Å². The van der Waals surface area contributed by atoms with Crippen LogP contribution in [0.4, 0.5) is 5.69 Å². The van der Waals surface area contributed by atoms with Gasteiger partial charge in [-0.2, -0.15) is 0 Å². The topological polar surface area (TPSA) is 75.1 Å². The molecule has 0 aliphatic carbocycles. The highest BCUT2D eigenvalue weighted by Gasteiger charge is 2.36. The number of pyridine rings is 1. The summed E-state index contributed by atoms with van der Waals surface area (Å²) in [6.45, 7) is 19.8. The highest BCUT2D eigenvalue weighted by Crippen LogP contribution is 2.45. The molecular formula is C39H51N3O4. The number of hydrogen-bond acceptors (Lipinski definition) is 6. The van der Waals surface area contributed by atoms with Crippen LogP contribution in [0.2, 0.25) is 0 Å². The smallest absolute Gasteiger partial charge is 0.337 e. The lowest BCUT2D eigenvalue weighted by Gasteiger charge is -2.41. The first-order valence-electron chi connectivity index (χ1n) is 17.0. The van der Waals surface area contributed by atoms with Crippen LogP contribution < -0.4 is 9.64 Å². The predicted molar refractivity (Wildman–Crippen MR) is 184 cm³/mol. The Balaban J connectivity index is 1.35. The number of anilines is 1. The standard InChI is InChI=1S/C39H51N3O4/c1-25-33(35(42-18-15-39(6,7)16-19-42)34(26(2)40-25)36(37(43)44)46-38(3,4)5)30-11-12-31-24-41(17-14-28(31)22-30)23-27-10-13-32-29(21-27)9-8-20-45-32/h10-13,21-22,36H,8-9,14-20,23-24H2,1-7H3,(H,43,44). The maximum atomic E-state index is 12.8. The fraction of sp³-hybridized carbons (Fsp3) is 0.538. The van der Waals surface area contributed by atoms with Crippen LogP contribution in [0.25, 0.3) is 11.1 Å². The minimum Gasteiger partial charge on any atom is -0.493 e. The van der Waals surface area contributed by atoms with Crippen molar-refractivity contribution in [2.45, 2.75) is 105 Å². The first-order valence-corrected chi connectivity index (χ1v) is 17.0. The van der Waals surface area contributed by atoms with E-state index in [0.717, 1.165) is 105 Å². The highest BCUT2D eigenvalue weighted by atomic mass is 16.5. The van der Waals surface area contributed by atoms with Gasteiger partial charge in [0, 0.05) is 55.2 Å². The van der Waals surface area contributed by atoms with Crippen molar-refractivity contribution in [2.75, 3.05) is 31.1 Å². The average molecular weight is 626 g/mol. The number of ether oxygens (including phenoxy) is 2. The monoisotopic (exact) mass is 625 g/mol. The van der Waals surface area contributed by atoms with Crippen molar-refractivity contribution in [1.29, 1.82) is 0 Å². The summed E-state index contributed by atoms with van der Waals surface area (Å²) in [6, 6.07) is 13.5. The minimum atomic E-state index is -1.11. The molecule has 2 aromatic carbocycles. The van der Waals surface area contributed by atoms with E-state index in [2.05, 4.69) is 67.0 Å². The molecular weight excluding hydrogens is 574 g/mol. The molecule has 4 heterocycles. The molecule has 1 fully saturated rings. The van der Waals surface area contributed by atoms with E-state index in [0.29, 0.717) is 5.56 Å². The lowest BCUT2D eigenvalue weighted by molar-refractivity contribution is -0.160. The van der Waals surface area contributed by atoms with Crippen molar-refractivity contribution in [3.63, 3.8) is 0 Å². The average Bonchev–Trinajstić information content (AvgIpc) is 2.99. The summed E-state index contributed by atoms with van der Waals surface area (Å²) < 4.78 is 12.1. The molecule has 1 atom stereocenters. The number of piperidine rings is 1. The van der Waals surface area contributed by atoms with Crippen LogP contribution in [0.15, 0.2) is 36.4 Å². The third kappa shape index (κ3) is 6.96. The number of nitrogens with zero attached hydrogens (tertiary/aromatic N) is 3. The largest absolute Gasteiger partial charge is 0.493 e. The number of rotatable bonds is 7. The Labute approximate surface area is 274 Å². The molecule has 3 aromatic rings. The van der Waals surface area contributed by atoms with Crippen LogP contribution >= 0.6 is 0 Å². The van der Waals surface area contributed by atoms with E-state index in [9.17, 15) is 9.90 Å². The molecule has 7 nitrogen and oxygen atoms in total. The Hall–Kier alpha value is -3.42. The van der Waals surface area contributed by atoms with E-state index in [1.807, 2.05) is 27.7 Å². The summed E-state index contributed by atoms with van der Waals surface area (Å²) in [5.41, 5.74) is 10.5. The third-order valence-corrected chi connectivity index (χ3v) is 9.94. The molecule has 1 unspecified atom stereocenters. The van der Waals surface area contributed by atoms with Crippen molar-refractivity contribution in [1.82, 2.24) is 9.88 Å². The number of aromatic nitrogens is 1. The van der Waals surface area contributed by atoms with E-state index >= 15 is 0 Å². The zero-order chi connectivity index (χ0) is 32.8. The van der Waals surface area contributed by atoms with E-state index in [1.165, 1.54) is 22.3 Å². The van der Waals surface area contributed by atoms with Crippen molar-refractivity contribution < 1.29 is 19.4 Å². The van der Waals surface area contributed by atoms with E-state index in [1.54, 1.807) is 0 Å². The molecule has 0 spiro atoms. The van der Waals surface area contributed by atoms with Gasteiger partial charge in [-0.3, -0.25) is 9.88 Å². The highest BCUT2D eigenvalue weighted by molar-refractivity contribution is 5.88. The second kappa shape index (κ2) is 12.6. The first-order chi connectivity index (χ1) is 21.8. The molecule has 6 rings (SSSR count). The summed E-state index contributed by atoms with van der Waals surface area (Å²) in [4.78, 5) is 22.8. The minimum absolute atomic E-state index is 0.257. The maximum Gasteiger partial charge on any atom is 0.337 e. The van der Waals surface area contributed by atoms with Gasteiger partial charge in [-0.1, -0.05) is 44.2 Å². The quantitative estimate of drug-likeness (QED) is 0.287. The fourth-order valence-corrected chi connectivity index (χ4v) is 7.43. The number of fused-ring (bicyclic) bond motifs is 2. The molecule has 246 valence electrons. The van der Waals surface area contributed by atoms with Gasteiger partial charge in [0.1, 0.15) is 5.75 Å². The predicted octanol–water partition coefficient (Wildman–Crippen LogP) is 7.82. The van der Waals surface area contributed by atoms with Crippen molar-refractivity contribution in [2.24, 2.45) is 5.41 Å². The maximum absolute atomic E-state index is 12.8. The number of carbonyl (C=O) groups is 1. The van der Waals surface area contributed by atoms with Crippen LogP contribution in [0.5, 0.6) is 5.75 Å². The van der Waals surface area contributed by atoms with Gasteiger partial charge in [0.05, 0.1) is 17.9 Å². The van der Waals surface area contributed by atoms with Crippen LogP contribution in [0, 0.1) is 19.3 Å². The third-order valence-electron chi connectivity index (χ3n) is 9.94. The number of benzene rings is 2. The molecule has 0 bridgehead atoms. The van der Waals surface area contributed by atoms with Crippen molar-refractivity contribution >= 4 is 11.7 Å². The van der Waals surface area contributed by atoms with Gasteiger partial charge in [0.15, 0.2) is 6.10 Å². The molecule has 0 amide bonds. The Bertz CT molecular complexity index is 1610. The molecule has 3 aliphatic heterocycles. The first kappa shape index (κ1) is 32.5. The normalized spacial score (nSPS) is 18.8. The Morgan fingerprint density at radius 3 is 2.48 bits per heavy atom. The molecule has 7 heteroatoms. The van der Waals surface area contributed by atoms with Crippen LogP contribution in [-0.2, 0) is 35.5 Å². The molecule has 1 saturated heterocycles. The number of aliphatic carboxylic acids is 1. The Morgan fingerprint density at radius 1 is 1.00 bits per heavy atom. The van der Waals surface area contributed by atoms with Crippen LogP contribution in [0.1, 0.15) is 99.2 Å². The SMILES string of the molecule is Cc1nc(C)c(C(OC(C)(C)C)C(=O)O)c(N2CCC(C)(C)CC2)c1-c1ccc2c(c1)CCN(Cc1ccc3c(c1)CCCO3)C2. The Morgan fingerprint density at radius 2 is 1.76 bits per heavy atom. The molecule has 3 aliphatic rings. The second-order valence-electron chi connectivity index (χ2n) is 15.4. The van der Waals surface area contributed by atoms with Gasteiger partial charge < -0.3 is 19.5 Å². The summed E-state index contributed by atoms with van der Waals surface area (Å²) in [7, 11) is 0. The molecule has 1 aromatic heterocycles. The zero-order valence-corrected chi connectivity index (χ0v) is 28.8. The summed E-state index contributed by atoms with van der Waals surface area (Å²) in [5.74, 6) is 0.0630. The second-order valence-corrected chi connectivity index (χ2v) is 15.4. The van der Waals surface area contributed by atoms with Crippen LogP contribution in [0.3, 0.4) is 0 Å². The van der Waals surface area contributed by atoms with Gasteiger partial charge in [-0.05, 0) is 106 Å². The Kier molecular flexibility index (Phi) is 8.94.